The van der Waals surface area contributed by atoms with Gasteiger partial charge in [-0.3, -0.25) is 0 Å². The van der Waals surface area contributed by atoms with Gasteiger partial charge in [-0.05, 0) is 42.0 Å². The molecular formula is C16H17N5O4. The Morgan fingerprint density at radius 2 is 1.96 bits per heavy atom. The van der Waals surface area contributed by atoms with Crippen molar-refractivity contribution in [3.05, 3.63) is 46.7 Å². The summed E-state index contributed by atoms with van der Waals surface area (Å²) in [5.41, 5.74) is 2.18. The Bertz CT molecular complexity index is 840. The van der Waals surface area contributed by atoms with Crippen LogP contribution in [0.5, 0.6) is 0 Å². The van der Waals surface area contributed by atoms with Gasteiger partial charge in [0.2, 0.25) is 5.95 Å². The standard InChI is InChI=1S/C16H17N5O4/c1-4-25-15(23)12-9(2)17-16-18-19-20-21(16)13(12)10-5-7-11(8-6-10)14(22)24-3/h5-8,13H,4H2,1-3H3,(H,17,18,20)/t13-/m1/s1. The molecule has 1 aromatic heterocycles. The molecule has 0 saturated heterocycles. The number of methoxy groups -OCH3 is 1. The quantitative estimate of drug-likeness (QED) is 0.828. The lowest BCUT2D eigenvalue weighted by molar-refractivity contribution is -0.139. The second-order valence-corrected chi connectivity index (χ2v) is 5.35. The number of nitrogens with one attached hydrogen (secondary N) is 1. The Kier molecular flexibility index (Phi) is 4.46. The molecule has 9 nitrogen and oxygen atoms in total. The number of rotatable bonds is 4. The number of tetrazole rings is 1. The van der Waals surface area contributed by atoms with Gasteiger partial charge in [-0.1, -0.05) is 17.2 Å². The van der Waals surface area contributed by atoms with Gasteiger partial charge in [0.05, 0.1) is 24.9 Å². The third-order valence-electron chi connectivity index (χ3n) is 3.86. The molecule has 3 rings (SSSR count). The molecule has 1 atom stereocenters. The predicted molar refractivity (Wildman–Crippen MR) is 86.7 cm³/mol. The summed E-state index contributed by atoms with van der Waals surface area (Å²) in [6, 6.07) is 6.17. The molecule has 1 aromatic carbocycles. The second-order valence-electron chi connectivity index (χ2n) is 5.35. The van der Waals surface area contributed by atoms with Crippen LogP contribution < -0.4 is 5.32 Å². The lowest BCUT2D eigenvalue weighted by atomic mass is 9.95. The van der Waals surface area contributed by atoms with Crippen molar-refractivity contribution in [2.24, 2.45) is 0 Å². The minimum atomic E-state index is -0.558. The normalized spacial score (nSPS) is 16.0. The van der Waals surface area contributed by atoms with E-state index in [-0.39, 0.29) is 6.61 Å². The van der Waals surface area contributed by atoms with Crippen LogP contribution in [0.25, 0.3) is 0 Å². The number of nitrogens with zero attached hydrogens (tertiary/aromatic N) is 4. The summed E-state index contributed by atoms with van der Waals surface area (Å²) in [5, 5.41) is 14.5. The number of hydrogen-bond acceptors (Lipinski definition) is 8. The van der Waals surface area contributed by atoms with Crippen LogP contribution in [-0.4, -0.2) is 45.9 Å². The van der Waals surface area contributed by atoms with Gasteiger partial charge in [0.15, 0.2) is 0 Å². The van der Waals surface area contributed by atoms with E-state index in [1.807, 2.05) is 0 Å². The molecule has 0 fully saturated rings. The molecule has 1 N–H and O–H groups in total. The third kappa shape index (κ3) is 2.95. The van der Waals surface area contributed by atoms with Crippen molar-refractivity contribution in [1.82, 2.24) is 20.2 Å². The number of aromatic nitrogens is 4. The number of hydrogen-bond donors (Lipinski definition) is 1. The molecule has 0 saturated carbocycles. The van der Waals surface area contributed by atoms with Gasteiger partial charge in [0.25, 0.3) is 0 Å². The summed E-state index contributed by atoms with van der Waals surface area (Å²) in [5.74, 6) is -0.458. The Balaban J connectivity index is 2.07. The molecule has 0 amide bonds. The first kappa shape index (κ1) is 16.6. The van der Waals surface area contributed by atoms with E-state index in [4.69, 9.17) is 9.47 Å². The van der Waals surface area contributed by atoms with Crippen LogP contribution in [0.4, 0.5) is 5.95 Å². The maximum Gasteiger partial charge on any atom is 0.338 e. The highest BCUT2D eigenvalue weighted by atomic mass is 16.5. The highest BCUT2D eigenvalue weighted by Gasteiger charge is 2.34. The highest BCUT2D eigenvalue weighted by Crippen LogP contribution is 2.34. The van der Waals surface area contributed by atoms with E-state index >= 15 is 0 Å². The lowest BCUT2D eigenvalue weighted by Gasteiger charge is -2.27. The second kappa shape index (κ2) is 6.71. The fourth-order valence-electron chi connectivity index (χ4n) is 2.71. The van der Waals surface area contributed by atoms with Crippen LogP contribution in [0.1, 0.15) is 35.8 Å². The number of allylic oxidation sites excluding steroid dienone is 1. The molecule has 0 bridgehead atoms. The van der Waals surface area contributed by atoms with Gasteiger partial charge < -0.3 is 14.8 Å². The van der Waals surface area contributed by atoms with E-state index in [1.165, 1.54) is 11.8 Å². The molecule has 2 aromatic rings. The van der Waals surface area contributed by atoms with E-state index in [0.29, 0.717) is 22.8 Å². The Hall–Kier alpha value is -3.23. The molecule has 2 heterocycles. The summed E-state index contributed by atoms with van der Waals surface area (Å²) in [7, 11) is 1.32. The van der Waals surface area contributed by atoms with E-state index in [9.17, 15) is 9.59 Å². The number of benzene rings is 1. The summed E-state index contributed by atoms with van der Waals surface area (Å²) >= 11 is 0. The maximum atomic E-state index is 12.5. The molecule has 1 aliphatic heterocycles. The molecule has 130 valence electrons. The van der Waals surface area contributed by atoms with Crippen molar-refractivity contribution in [2.75, 3.05) is 19.0 Å². The van der Waals surface area contributed by atoms with Crippen molar-refractivity contribution in [3.8, 4) is 0 Å². The van der Waals surface area contributed by atoms with Crippen LogP contribution in [0.15, 0.2) is 35.5 Å². The van der Waals surface area contributed by atoms with E-state index in [0.717, 1.165) is 5.56 Å². The Labute approximate surface area is 143 Å². The number of carbonyl (C=O) groups excluding carboxylic acids is 2. The van der Waals surface area contributed by atoms with E-state index in [1.54, 1.807) is 38.1 Å². The smallest absolute Gasteiger partial charge is 0.338 e. The zero-order valence-electron chi connectivity index (χ0n) is 14.0. The number of esters is 2. The van der Waals surface area contributed by atoms with Crippen molar-refractivity contribution >= 4 is 17.9 Å². The van der Waals surface area contributed by atoms with E-state index in [2.05, 4.69) is 20.8 Å². The monoisotopic (exact) mass is 343 g/mol. The number of ether oxygens (including phenoxy) is 2. The largest absolute Gasteiger partial charge is 0.465 e. The first-order valence-corrected chi connectivity index (χ1v) is 7.67. The molecule has 1 aliphatic rings. The van der Waals surface area contributed by atoms with Gasteiger partial charge in [-0.15, -0.1) is 0 Å². The fourth-order valence-corrected chi connectivity index (χ4v) is 2.71. The molecule has 9 heteroatoms. The molecule has 0 spiro atoms. The van der Waals surface area contributed by atoms with Crippen LogP contribution >= 0.6 is 0 Å². The van der Waals surface area contributed by atoms with Gasteiger partial charge in [-0.2, -0.15) is 4.68 Å². The van der Waals surface area contributed by atoms with Gasteiger partial charge in [-0.25, -0.2) is 9.59 Å². The zero-order chi connectivity index (χ0) is 18.0. The first-order chi connectivity index (χ1) is 12.1. The van der Waals surface area contributed by atoms with Crippen LogP contribution in [0.2, 0.25) is 0 Å². The number of carbonyl (C=O) groups is 2. The number of anilines is 1. The van der Waals surface area contributed by atoms with Gasteiger partial charge in [0, 0.05) is 5.70 Å². The minimum Gasteiger partial charge on any atom is -0.465 e. The number of fused-ring (bicyclic) bond motifs is 1. The third-order valence-corrected chi connectivity index (χ3v) is 3.86. The minimum absolute atomic E-state index is 0.256. The zero-order valence-corrected chi connectivity index (χ0v) is 14.0. The molecule has 0 unspecified atom stereocenters. The van der Waals surface area contributed by atoms with Gasteiger partial charge in [0.1, 0.15) is 6.04 Å². The van der Waals surface area contributed by atoms with Crippen molar-refractivity contribution < 1.29 is 19.1 Å². The SMILES string of the molecule is CCOC(=O)C1=C(C)Nc2nnnn2[C@@H]1c1ccc(C(=O)OC)cc1. The summed E-state index contributed by atoms with van der Waals surface area (Å²) in [6.07, 6.45) is 0. The fraction of sp³-hybridized carbons (Fsp3) is 0.312. The molecule has 0 radical (unpaired) electrons. The average Bonchev–Trinajstić information content (AvgIpc) is 3.08. The molecular weight excluding hydrogens is 326 g/mol. The summed E-state index contributed by atoms with van der Waals surface area (Å²) < 4.78 is 11.4. The Morgan fingerprint density at radius 1 is 1.24 bits per heavy atom. The van der Waals surface area contributed by atoms with Crippen LogP contribution in [-0.2, 0) is 14.3 Å². The average molecular weight is 343 g/mol. The van der Waals surface area contributed by atoms with Crippen molar-refractivity contribution in [2.45, 2.75) is 19.9 Å². The van der Waals surface area contributed by atoms with Crippen molar-refractivity contribution in [3.63, 3.8) is 0 Å². The molecule has 0 aliphatic carbocycles. The summed E-state index contributed by atoms with van der Waals surface area (Å²) in [6.45, 7) is 3.76. The topological polar surface area (TPSA) is 108 Å². The van der Waals surface area contributed by atoms with Gasteiger partial charge >= 0.3 is 11.9 Å². The van der Waals surface area contributed by atoms with Crippen LogP contribution in [0.3, 0.4) is 0 Å². The first-order valence-electron chi connectivity index (χ1n) is 7.67. The van der Waals surface area contributed by atoms with E-state index < -0.39 is 18.0 Å². The van der Waals surface area contributed by atoms with Crippen molar-refractivity contribution in [1.29, 1.82) is 0 Å². The lowest BCUT2D eigenvalue weighted by Crippen LogP contribution is -2.29. The van der Waals surface area contributed by atoms with Crippen LogP contribution in [0, 0.1) is 0 Å². The molecule has 25 heavy (non-hydrogen) atoms. The maximum absolute atomic E-state index is 12.5. The highest BCUT2D eigenvalue weighted by molar-refractivity contribution is 5.92. The predicted octanol–water partition coefficient (Wildman–Crippen LogP) is 1.31. The summed E-state index contributed by atoms with van der Waals surface area (Å²) in [4.78, 5) is 24.1. The Morgan fingerprint density at radius 3 is 2.60 bits per heavy atom.